The molecule has 2 fully saturated rings. The van der Waals surface area contributed by atoms with Gasteiger partial charge in [-0.1, -0.05) is 49.3 Å². The number of nitrogens with zero attached hydrogens (tertiary/aromatic N) is 2. The molecule has 3 aliphatic carbocycles. The molecule has 1 amide bonds. The number of anilines is 2. The predicted molar refractivity (Wildman–Crippen MR) is 109 cm³/mol. The fourth-order valence-electron chi connectivity index (χ4n) is 6.33. The van der Waals surface area contributed by atoms with Crippen LogP contribution in [0.4, 0.5) is 11.4 Å². The maximum absolute atomic E-state index is 12.4. The minimum atomic E-state index is -1.11. The van der Waals surface area contributed by atoms with Crippen molar-refractivity contribution in [2.24, 2.45) is 5.41 Å². The Bertz CT molecular complexity index is 880. The van der Waals surface area contributed by atoms with Crippen LogP contribution in [0.15, 0.2) is 48.6 Å². The summed E-state index contributed by atoms with van der Waals surface area (Å²) in [5, 5.41) is 13.6. The highest BCUT2D eigenvalue weighted by Gasteiger charge is 2.75. The molecular weight excluding hydrogens is 350 g/mol. The van der Waals surface area contributed by atoms with Gasteiger partial charge in [-0.15, -0.1) is 0 Å². The van der Waals surface area contributed by atoms with Crippen LogP contribution >= 0.6 is 0 Å². The van der Waals surface area contributed by atoms with Gasteiger partial charge in [0.25, 0.3) is 5.91 Å². The molecule has 146 valence electrons. The highest BCUT2D eigenvalue weighted by atomic mass is 16.3. The number of hydrogen-bond donors (Lipinski definition) is 2. The third kappa shape index (κ3) is 2.01. The Morgan fingerprint density at radius 3 is 2.82 bits per heavy atom. The molecule has 2 heterocycles. The maximum Gasteiger partial charge on any atom is 0.274 e. The van der Waals surface area contributed by atoms with E-state index < -0.39 is 6.23 Å². The Kier molecular flexibility index (Phi) is 3.57. The molecule has 1 saturated carbocycles. The number of piperidine rings is 1. The number of aliphatic hydroxyl groups is 1. The number of aliphatic hydroxyl groups excluding tert-OH is 1. The molecule has 0 bridgehead atoms. The third-order valence-electron chi connectivity index (χ3n) is 7.75. The van der Waals surface area contributed by atoms with Gasteiger partial charge in [0, 0.05) is 29.6 Å². The molecule has 0 radical (unpaired) electrons. The molecule has 2 N–H and O–H groups in total. The normalized spacial score (nSPS) is 41.2. The van der Waals surface area contributed by atoms with Crippen LogP contribution in [-0.2, 0) is 4.79 Å². The van der Waals surface area contributed by atoms with Gasteiger partial charge < -0.3 is 15.3 Å². The number of fused-ring (bicyclic) bond motifs is 1. The number of nitrogens with one attached hydrogen (secondary N) is 1. The first-order chi connectivity index (χ1) is 13.7. The molecule has 6 atom stereocenters. The summed E-state index contributed by atoms with van der Waals surface area (Å²) >= 11 is 0. The van der Waals surface area contributed by atoms with E-state index in [1.165, 1.54) is 32.1 Å². The second-order valence-electron chi connectivity index (χ2n) is 8.94. The molecule has 5 nitrogen and oxygen atoms in total. The first-order valence-electron chi connectivity index (χ1n) is 10.7. The topological polar surface area (TPSA) is 55.8 Å². The van der Waals surface area contributed by atoms with Crippen LogP contribution < -0.4 is 10.2 Å². The Labute approximate surface area is 165 Å². The number of benzene rings is 1. The van der Waals surface area contributed by atoms with Crippen LogP contribution in [0.2, 0.25) is 0 Å². The fraction of sp³-hybridized carbons (Fsp3) is 0.522. The summed E-state index contributed by atoms with van der Waals surface area (Å²) in [5.74, 6) is -0.322. The van der Waals surface area contributed by atoms with Crippen LogP contribution in [0.25, 0.3) is 0 Å². The fourth-order valence-corrected chi connectivity index (χ4v) is 6.33. The van der Waals surface area contributed by atoms with Gasteiger partial charge in [-0.25, -0.2) is 0 Å². The van der Waals surface area contributed by atoms with E-state index in [-0.39, 0.29) is 17.4 Å². The number of carbonyl (C=O) groups is 1. The molecule has 28 heavy (non-hydrogen) atoms. The van der Waals surface area contributed by atoms with Crippen LogP contribution in [-0.4, -0.2) is 46.3 Å². The van der Waals surface area contributed by atoms with E-state index in [9.17, 15) is 9.90 Å². The maximum atomic E-state index is 12.4. The van der Waals surface area contributed by atoms with Gasteiger partial charge in [-0.2, -0.15) is 0 Å². The van der Waals surface area contributed by atoms with Crippen molar-refractivity contribution >= 4 is 17.3 Å². The summed E-state index contributed by atoms with van der Waals surface area (Å²) in [4.78, 5) is 17.0. The molecule has 5 heteroatoms. The van der Waals surface area contributed by atoms with E-state index in [1.807, 2.05) is 29.2 Å². The number of allylic oxidation sites excluding steroid dienone is 1. The van der Waals surface area contributed by atoms with E-state index in [0.717, 1.165) is 17.8 Å². The SMILES string of the molecule is O=C1Nc2ccccc2N([C@@H]2C[C@H]3N(C4C=CCCCCC4)[C@@H]4C=CC243)C1O. The highest BCUT2D eigenvalue weighted by Crippen LogP contribution is 2.67. The molecular formula is C23H27N3O2. The van der Waals surface area contributed by atoms with Crippen LogP contribution in [0.1, 0.15) is 38.5 Å². The van der Waals surface area contributed by atoms with E-state index in [0.29, 0.717) is 18.1 Å². The lowest BCUT2D eigenvalue weighted by Crippen LogP contribution is -2.88. The first-order valence-corrected chi connectivity index (χ1v) is 10.7. The lowest BCUT2D eigenvalue weighted by Gasteiger charge is -2.79. The van der Waals surface area contributed by atoms with Gasteiger partial charge in [0.1, 0.15) is 0 Å². The summed E-state index contributed by atoms with van der Waals surface area (Å²) in [5.41, 5.74) is 1.84. The van der Waals surface area contributed by atoms with Crippen LogP contribution in [0.5, 0.6) is 0 Å². The van der Waals surface area contributed by atoms with Crippen molar-refractivity contribution in [1.29, 1.82) is 0 Å². The number of likely N-dealkylation sites (tertiary alicyclic amines) is 1. The molecule has 5 aliphatic rings. The van der Waals surface area contributed by atoms with Crippen molar-refractivity contribution in [3.8, 4) is 0 Å². The Morgan fingerprint density at radius 2 is 2.00 bits per heavy atom. The Morgan fingerprint density at radius 1 is 1.11 bits per heavy atom. The van der Waals surface area contributed by atoms with Gasteiger partial charge in [0.2, 0.25) is 6.23 Å². The smallest absolute Gasteiger partial charge is 0.274 e. The van der Waals surface area contributed by atoms with Crippen molar-refractivity contribution < 1.29 is 9.90 Å². The average molecular weight is 377 g/mol. The van der Waals surface area contributed by atoms with Crippen molar-refractivity contribution in [3.63, 3.8) is 0 Å². The molecule has 1 spiro atoms. The minimum absolute atomic E-state index is 0.0991. The van der Waals surface area contributed by atoms with Crippen molar-refractivity contribution in [2.45, 2.75) is 68.9 Å². The second-order valence-corrected chi connectivity index (χ2v) is 8.94. The average Bonchev–Trinajstić information content (AvgIpc) is 2.62. The highest BCUT2D eigenvalue weighted by molar-refractivity contribution is 6.02. The second kappa shape index (κ2) is 5.94. The van der Waals surface area contributed by atoms with Crippen molar-refractivity contribution in [3.05, 3.63) is 48.6 Å². The number of rotatable bonds is 2. The molecule has 1 aromatic carbocycles. The molecule has 2 aliphatic heterocycles. The van der Waals surface area contributed by atoms with Gasteiger partial charge >= 0.3 is 0 Å². The number of amides is 1. The zero-order valence-corrected chi connectivity index (χ0v) is 16.0. The van der Waals surface area contributed by atoms with Crippen molar-refractivity contribution in [2.75, 3.05) is 10.2 Å². The zero-order valence-electron chi connectivity index (χ0n) is 16.0. The van der Waals surface area contributed by atoms with Gasteiger partial charge in [0.15, 0.2) is 0 Å². The van der Waals surface area contributed by atoms with Gasteiger partial charge in [-0.3, -0.25) is 9.69 Å². The molecule has 1 aromatic rings. The zero-order chi connectivity index (χ0) is 18.9. The Hall–Kier alpha value is -2.11. The van der Waals surface area contributed by atoms with Crippen molar-refractivity contribution in [1.82, 2.24) is 4.90 Å². The van der Waals surface area contributed by atoms with Gasteiger partial charge in [0.05, 0.1) is 11.4 Å². The van der Waals surface area contributed by atoms with Gasteiger partial charge in [-0.05, 0) is 37.8 Å². The monoisotopic (exact) mass is 377 g/mol. The minimum Gasteiger partial charge on any atom is -0.365 e. The van der Waals surface area contributed by atoms with Crippen LogP contribution in [0, 0.1) is 5.41 Å². The molecule has 3 unspecified atom stereocenters. The summed E-state index contributed by atoms with van der Waals surface area (Å²) in [6, 6.07) is 9.52. The quantitative estimate of drug-likeness (QED) is 0.778. The summed E-state index contributed by atoms with van der Waals surface area (Å²) < 4.78 is 0. The molecule has 0 aromatic heterocycles. The number of para-hydroxylation sites is 2. The Balaban J connectivity index is 1.29. The van der Waals surface area contributed by atoms with E-state index in [1.54, 1.807) is 0 Å². The largest absolute Gasteiger partial charge is 0.365 e. The number of carbonyl (C=O) groups excluding carboxylic acids is 1. The third-order valence-corrected chi connectivity index (χ3v) is 7.75. The molecule has 1 saturated heterocycles. The predicted octanol–water partition coefficient (Wildman–Crippen LogP) is 3.03. The standard InChI is InChI=1S/C23H27N3O2/c27-21-22(28)26(17-11-7-6-10-16(17)24-21)20-14-19-23(20)13-12-18(23)25(19)15-8-4-2-1-3-5-9-15/h4,6-8,10-13,15,18-20,22,28H,1-3,5,9,14H2,(H,24,27)/t15?,18-,19-,20-,22?,23?/m1/s1. The van der Waals surface area contributed by atoms with E-state index in [4.69, 9.17) is 0 Å². The van der Waals surface area contributed by atoms with Crippen LogP contribution in [0.3, 0.4) is 0 Å². The van der Waals surface area contributed by atoms with E-state index >= 15 is 0 Å². The summed E-state index contributed by atoms with van der Waals surface area (Å²) in [7, 11) is 0. The lowest BCUT2D eigenvalue weighted by molar-refractivity contribution is -0.205. The molecule has 6 rings (SSSR count). The number of hydrogen-bond acceptors (Lipinski definition) is 4. The summed E-state index contributed by atoms with van der Waals surface area (Å²) in [6.45, 7) is 0. The summed E-state index contributed by atoms with van der Waals surface area (Å²) in [6.07, 6.45) is 15.8. The first kappa shape index (κ1) is 16.8. The van der Waals surface area contributed by atoms with E-state index in [2.05, 4.69) is 34.5 Å². The lowest BCUT2D eigenvalue weighted by atomic mass is 9.43.